The van der Waals surface area contributed by atoms with Crippen molar-refractivity contribution in [3.8, 4) is 0 Å². The second-order valence-electron chi connectivity index (χ2n) is 6.46. The molecule has 1 fully saturated rings. The maximum atomic E-state index is 12.7. The maximum absolute atomic E-state index is 12.7. The molecule has 0 aromatic heterocycles. The van der Waals surface area contributed by atoms with Gasteiger partial charge in [0.15, 0.2) is 0 Å². The summed E-state index contributed by atoms with van der Waals surface area (Å²) in [5, 5.41) is 2.98. The standard InChI is InChI=1S/C20H22N2O2/c1-13-4-7-16(8-5-13)22-18(10-11-19(22)23)20(24)21-17-9-6-14(2)12-15(17)3/h4-9,12,18H,10-11H2,1-3H3,(H,21,24). The Kier molecular flexibility index (Phi) is 4.38. The van der Waals surface area contributed by atoms with E-state index >= 15 is 0 Å². The van der Waals surface area contributed by atoms with Gasteiger partial charge in [-0.3, -0.25) is 14.5 Å². The minimum absolute atomic E-state index is 0.000342. The van der Waals surface area contributed by atoms with Crippen LogP contribution < -0.4 is 10.2 Å². The molecule has 1 aliphatic heterocycles. The van der Waals surface area contributed by atoms with Crippen LogP contribution in [0.2, 0.25) is 0 Å². The molecule has 1 unspecified atom stereocenters. The number of hydrogen-bond acceptors (Lipinski definition) is 2. The first kappa shape index (κ1) is 16.2. The van der Waals surface area contributed by atoms with Gasteiger partial charge in [0, 0.05) is 17.8 Å². The van der Waals surface area contributed by atoms with Gasteiger partial charge in [-0.2, -0.15) is 0 Å². The van der Waals surface area contributed by atoms with Crippen LogP contribution in [0.15, 0.2) is 42.5 Å². The third-order valence-corrected chi connectivity index (χ3v) is 4.47. The average molecular weight is 322 g/mol. The van der Waals surface area contributed by atoms with Crippen LogP contribution in [0.1, 0.15) is 29.5 Å². The van der Waals surface area contributed by atoms with Crippen molar-refractivity contribution >= 4 is 23.2 Å². The molecule has 2 aromatic rings. The van der Waals surface area contributed by atoms with Crippen molar-refractivity contribution in [2.45, 2.75) is 39.7 Å². The highest BCUT2D eigenvalue weighted by molar-refractivity contribution is 6.07. The van der Waals surface area contributed by atoms with Crippen molar-refractivity contribution < 1.29 is 9.59 Å². The van der Waals surface area contributed by atoms with Crippen LogP contribution in [-0.2, 0) is 9.59 Å². The number of aryl methyl sites for hydroxylation is 3. The van der Waals surface area contributed by atoms with E-state index in [4.69, 9.17) is 0 Å². The summed E-state index contributed by atoms with van der Waals surface area (Å²) in [6, 6.07) is 13.2. The van der Waals surface area contributed by atoms with Crippen molar-refractivity contribution in [1.29, 1.82) is 0 Å². The van der Waals surface area contributed by atoms with Crippen LogP contribution >= 0.6 is 0 Å². The molecule has 1 N–H and O–H groups in total. The molecule has 1 atom stereocenters. The van der Waals surface area contributed by atoms with E-state index in [-0.39, 0.29) is 11.8 Å². The van der Waals surface area contributed by atoms with Gasteiger partial charge in [-0.1, -0.05) is 35.4 Å². The first-order valence-corrected chi connectivity index (χ1v) is 8.22. The fourth-order valence-electron chi connectivity index (χ4n) is 3.13. The monoisotopic (exact) mass is 322 g/mol. The smallest absolute Gasteiger partial charge is 0.247 e. The van der Waals surface area contributed by atoms with Gasteiger partial charge in [0.05, 0.1) is 0 Å². The summed E-state index contributed by atoms with van der Waals surface area (Å²) in [6.45, 7) is 5.99. The lowest BCUT2D eigenvalue weighted by Crippen LogP contribution is -2.41. The molecule has 2 aromatic carbocycles. The third-order valence-electron chi connectivity index (χ3n) is 4.47. The van der Waals surface area contributed by atoms with Crippen molar-refractivity contribution in [3.05, 3.63) is 59.2 Å². The zero-order valence-corrected chi connectivity index (χ0v) is 14.3. The van der Waals surface area contributed by atoms with Gasteiger partial charge in [0.2, 0.25) is 11.8 Å². The fraction of sp³-hybridized carbons (Fsp3) is 0.300. The predicted molar refractivity (Wildman–Crippen MR) is 96.2 cm³/mol. The summed E-state index contributed by atoms with van der Waals surface area (Å²) in [4.78, 5) is 26.7. The first-order chi connectivity index (χ1) is 11.5. The SMILES string of the molecule is Cc1ccc(N2C(=O)CCC2C(=O)Nc2ccc(C)cc2C)cc1. The Morgan fingerprint density at radius 2 is 1.71 bits per heavy atom. The molecule has 124 valence electrons. The second-order valence-corrected chi connectivity index (χ2v) is 6.46. The summed E-state index contributed by atoms with van der Waals surface area (Å²) in [5.74, 6) is -0.131. The van der Waals surface area contributed by atoms with Crippen LogP contribution in [-0.4, -0.2) is 17.9 Å². The van der Waals surface area contributed by atoms with E-state index in [1.54, 1.807) is 4.90 Å². The van der Waals surface area contributed by atoms with E-state index in [1.807, 2.05) is 63.2 Å². The molecule has 1 saturated heterocycles. The van der Waals surface area contributed by atoms with Crippen molar-refractivity contribution in [2.75, 3.05) is 10.2 Å². The zero-order chi connectivity index (χ0) is 17.3. The summed E-state index contributed by atoms with van der Waals surface area (Å²) in [7, 11) is 0. The quantitative estimate of drug-likeness (QED) is 0.935. The highest BCUT2D eigenvalue weighted by Crippen LogP contribution is 2.28. The number of nitrogens with one attached hydrogen (secondary N) is 1. The van der Waals surface area contributed by atoms with Gasteiger partial charge >= 0.3 is 0 Å². The fourth-order valence-corrected chi connectivity index (χ4v) is 3.13. The van der Waals surface area contributed by atoms with Gasteiger partial charge in [-0.15, -0.1) is 0 Å². The van der Waals surface area contributed by atoms with E-state index in [2.05, 4.69) is 5.32 Å². The lowest BCUT2D eigenvalue weighted by atomic mass is 10.1. The van der Waals surface area contributed by atoms with Gasteiger partial charge in [0.1, 0.15) is 6.04 Å². The topological polar surface area (TPSA) is 49.4 Å². The maximum Gasteiger partial charge on any atom is 0.247 e. The van der Waals surface area contributed by atoms with Crippen molar-refractivity contribution in [1.82, 2.24) is 0 Å². The molecular formula is C20H22N2O2. The largest absolute Gasteiger partial charge is 0.324 e. The summed E-state index contributed by atoms with van der Waals surface area (Å²) in [5.41, 5.74) is 4.89. The molecule has 0 radical (unpaired) electrons. The van der Waals surface area contributed by atoms with Crippen LogP contribution in [0.3, 0.4) is 0 Å². The molecule has 0 aliphatic carbocycles. The highest BCUT2D eigenvalue weighted by atomic mass is 16.2. The van der Waals surface area contributed by atoms with Gasteiger partial charge in [0.25, 0.3) is 0 Å². The van der Waals surface area contributed by atoms with E-state index in [0.717, 1.165) is 28.1 Å². The Morgan fingerprint density at radius 3 is 2.38 bits per heavy atom. The molecule has 4 nitrogen and oxygen atoms in total. The number of nitrogens with zero attached hydrogens (tertiary/aromatic N) is 1. The molecule has 2 amide bonds. The third kappa shape index (κ3) is 3.18. The number of carbonyl (C=O) groups is 2. The Balaban J connectivity index is 1.82. The molecule has 0 saturated carbocycles. The Labute approximate surface area is 142 Å². The lowest BCUT2D eigenvalue weighted by Gasteiger charge is -2.24. The number of benzene rings is 2. The number of hydrogen-bond donors (Lipinski definition) is 1. The molecule has 1 aliphatic rings. The summed E-state index contributed by atoms with van der Waals surface area (Å²) in [6.07, 6.45) is 0.947. The van der Waals surface area contributed by atoms with Gasteiger partial charge in [-0.25, -0.2) is 0 Å². The lowest BCUT2D eigenvalue weighted by molar-refractivity contribution is -0.120. The van der Waals surface area contributed by atoms with E-state index in [1.165, 1.54) is 0 Å². The number of carbonyl (C=O) groups excluding carboxylic acids is 2. The van der Waals surface area contributed by atoms with Crippen LogP contribution in [0, 0.1) is 20.8 Å². The predicted octanol–water partition coefficient (Wildman–Crippen LogP) is 3.75. The van der Waals surface area contributed by atoms with Crippen LogP contribution in [0.25, 0.3) is 0 Å². The van der Waals surface area contributed by atoms with Gasteiger partial charge in [-0.05, 0) is 51.0 Å². The number of amides is 2. The molecule has 3 rings (SSSR count). The number of anilines is 2. The molecule has 4 heteroatoms. The Morgan fingerprint density at radius 1 is 1.04 bits per heavy atom. The minimum Gasteiger partial charge on any atom is -0.324 e. The molecular weight excluding hydrogens is 300 g/mol. The first-order valence-electron chi connectivity index (χ1n) is 8.22. The Hall–Kier alpha value is -2.62. The van der Waals surface area contributed by atoms with Crippen molar-refractivity contribution in [3.63, 3.8) is 0 Å². The highest BCUT2D eigenvalue weighted by Gasteiger charge is 2.37. The van der Waals surface area contributed by atoms with Gasteiger partial charge < -0.3 is 5.32 Å². The van der Waals surface area contributed by atoms with Crippen LogP contribution in [0.5, 0.6) is 0 Å². The summed E-state index contributed by atoms with van der Waals surface area (Å²) < 4.78 is 0. The summed E-state index contributed by atoms with van der Waals surface area (Å²) >= 11 is 0. The molecule has 0 bridgehead atoms. The minimum atomic E-state index is -0.457. The normalized spacial score (nSPS) is 17.2. The molecule has 24 heavy (non-hydrogen) atoms. The van der Waals surface area contributed by atoms with E-state index in [9.17, 15) is 9.59 Å². The Bertz CT molecular complexity index is 781. The molecule has 1 heterocycles. The van der Waals surface area contributed by atoms with Crippen LogP contribution in [0.4, 0.5) is 11.4 Å². The van der Waals surface area contributed by atoms with E-state index in [0.29, 0.717) is 12.8 Å². The molecule has 0 spiro atoms. The van der Waals surface area contributed by atoms with E-state index < -0.39 is 6.04 Å². The second kappa shape index (κ2) is 6.48. The average Bonchev–Trinajstić information content (AvgIpc) is 2.93. The van der Waals surface area contributed by atoms with Crippen molar-refractivity contribution in [2.24, 2.45) is 0 Å². The zero-order valence-electron chi connectivity index (χ0n) is 14.3. The number of rotatable bonds is 3.